The van der Waals surface area contributed by atoms with Crippen LogP contribution in [-0.2, 0) is 0 Å². The lowest BCUT2D eigenvalue weighted by molar-refractivity contribution is 0.195. The average Bonchev–Trinajstić information content (AvgIpc) is 2.97. The Morgan fingerprint density at radius 2 is 2.17 bits per heavy atom. The number of hydrogen-bond donors (Lipinski definition) is 3. The van der Waals surface area contributed by atoms with E-state index < -0.39 is 11.6 Å². The second kappa shape index (κ2) is 5.47. The lowest BCUT2D eigenvalue weighted by Crippen LogP contribution is -2.45. The maximum absolute atomic E-state index is 13.6. The summed E-state index contributed by atoms with van der Waals surface area (Å²) in [5.41, 5.74) is 0.970. The highest BCUT2D eigenvalue weighted by molar-refractivity contribution is 5.81. The van der Waals surface area contributed by atoms with Crippen LogP contribution in [0.15, 0.2) is 24.4 Å². The first-order valence-corrected chi connectivity index (χ1v) is 7.24. The first kappa shape index (κ1) is 13.9. The van der Waals surface area contributed by atoms with E-state index in [2.05, 4.69) is 25.5 Å². The van der Waals surface area contributed by atoms with E-state index >= 15 is 0 Å². The number of aromatic amines is 1. The predicted octanol–water partition coefficient (Wildman–Crippen LogP) is 1.46. The summed E-state index contributed by atoms with van der Waals surface area (Å²) in [6, 6.07) is 4.01. The molecule has 3 N–H and O–H groups in total. The Kier molecular flexibility index (Phi) is 3.30. The van der Waals surface area contributed by atoms with Gasteiger partial charge in [-0.15, -0.1) is 0 Å². The summed E-state index contributed by atoms with van der Waals surface area (Å²) < 4.78 is 19.4. The SMILES string of the molecule is Oc1ccc(-c2nc(OCC3CNC3)c3cn[nH]c3n2)cc1F. The summed E-state index contributed by atoms with van der Waals surface area (Å²) >= 11 is 0. The third kappa shape index (κ3) is 2.57. The number of aromatic nitrogens is 4. The lowest BCUT2D eigenvalue weighted by atomic mass is 10.1. The third-order valence-electron chi connectivity index (χ3n) is 3.80. The highest BCUT2D eigenvalue weighted by atomic mass is 19.1. The number of rotatable bonds is 4. The minimum Gasteiger partial charge on any atom is -0.505 e. The molecule has 1 aliphatic heterocycles. The van der Waals surface area contributed by atoms with Crippen LogP contribution in [0.25, 0.3) is 22.4 Å². The van der Waals surface area contributed by atoms with Crippen molar-refractivity contribution in [3.63, 3.8) is 0 Å². The molecular weight excluding hydrogens is 301 g/mol. The Morgan fingerprint density at radius 3 is 2.91 bits per heavy atom. The number of ether oxygens (including phenoxy) is 1. The maximum Gasteiger partial charge on any atom is 0.228 e. The van der Waals surface area contributed by atoms with E-state index in [9.17, 15) is 9.50 Å². The number of fused-ring (bicyclic) bond motifs is 1. The molecule has 1 fully saturated rings. The van der Waals surface area contributed by atoms with Gasteiger partial charge in [0.1, 0.15) is 5.39 Å². The third-order valence-corrected chi connectivity index (χ3v) is 3.80. The second-order valence-corrected chi connectivity index (χ2v) is 5.49. The smallest absolute Gasteiger partial charge is 0.228 e. The van der Waals surface area contributed by atoms with Crippen LogP contribution in [0.5, 0.6) is 11.6 Å². The molecule has 0 spiro atoms. The lowest BCUT2D eigenvalue weighted by Gasteiger charge is -2.26. The van der Waals surface area contributed by atoms with Crippen molar-refractivity contribution in [1.29, 1.82) is 0 Å². The van der Waals surface area contributed by atoms with Crippen molar-refractivity contribution in [2.45, 2.75) is 0 Å². The Bertz CT molecular complexity index is 862. The molecule has 0 aliphatic carbocycles. The Hall–Kier alpha value is -2.74. The summed E-state index contributed by atoms with van der Waals surface area (Å²) in [5.74, 6) is 0.0483. The largest absolute Gasteiger partial charge is 0.505 e. The average molecular weight is 315 g/mol. The normalized spacial score (nSPS) is 14.8. The van der Waals surface area contributed by atoms with Crippen molar-refractivity contribution in [3.05, 3.63) is 30.2 Å². The zero-order valence-corrected chi connectivity index (χ0v) is 12.1. The fourth-order valence-corrected chi connectivity index (χ4v) is 2.36. The van der Waals surface area contributed by atoms with Gasteiger partial charge in [0.15, 0.2) is 23.0 Å². The van der Waals surface area contributed by atoms with Gasteiger partial charge < -0.3 is 15.2 Å². The van der Waals surface area contributed by atoms with Crippen molar-refractivity contribution < 1.29 is 14.2 Å². The Balaban J connectivity index is 1.72. The van der Waals surface area contributed by atoms with Crippen LogP contribution in [-0.4, -0.2) is 45.0 Å². The number of H-pyrrole nitrogens is 1. The van der Waals surface area contributed by atoms with Gasteiger partial charge in [0, 0.05) is 24.6 Å². The minimum atomic E-state index is -0.723. The Morgan fingerprint density at radius 1 is 1.30 bits per heavy atom. The summed E-state index contributed by atoms with van der Waals surface area (Å²) in [7, 11) is 0. The maximum atomic E-state index is 13.6. The van der Waals surface area contributed by atoms with Crippen molar-refractivity contribution in [1.82, 2.24) is 25.5 Å². The number of nitrogens with zero attached hydrogens (tertiary/aromatic N) is 3. The molecule has 1 aliphatic rings. The first-order chi connectivity index (χ1) is 11.2. The van der Waals surface area contributed by atoms with Crippen molar-refractivity contribution in [2.75, 3.05) is 19.7 Å². The van der Waals surface area contributed by atoms with Crippen LogP contribution in [0, 0.1) is 11.7 Å². The van der Waals surface area contributed by atoms with Crippen LogP contribution < -0.4 is 10.1 Å². The van der Waals surface area contributed by atoms with Gasteiger partial charge in [-0.2, -0.15) is 10.1 Å². The van der Waals surface area contributed by atoms with Crippen LogP contribution in [0.1, 0.15) is 0 Å². The molecule has 4 rings (SSSR count). The molecule has 118 valence electrons. The monoisotopic (exact) mass is 315 g/mol. The molecule has 1 saturated heterocycles. The molecule has 3 aromatic rings. The zero-order chi connectivity index (χ0) is 15.8. The van der Waals surface area contributed by atoms with Crippen molar-refractivity contribution >= 4 is 11.0 Å². The van der Waals surface area contributed by atoms with Crippen LogP contribution in [0.4, 0.5) is 4.39 Å². The van der Waals surface area contributed by atoms with E-state index in [1.807, 2.05) is 0 Å². The first-order valence-electron chi connectivity index (χ1n) is 7.24. The van der Waals surface area contributed by atoms with E-state index in [0.29, 0.717) is 40.8 Å². The van der Waals surface area contributed by atoms with Gasteiger partial charge in [-0.05, 0) is 18.2 Å². The summed E-state index contributed by atoms with van der Waals surface area (Å²) in [6.45, 7) is 2.40. The van der Waals surface area contributed by atoms with Gasteiger partial charge in [-0.25, -0.2) is 9.37 Å². The molecule has 0 amide bonds. The highest BCUT2D eigenvalue weighted by Gasteiger charge is 2.19. The fraction of sp³-hybridized carbons (Fsp3) is 0.267. The summed E-state index contributed by atoms with van der Waals surface area (Å²) in [6.07, 6.45) is 1.60. The Labute approximate surface area is 130 Å². The van der Waals surface area contributed by atoms with Gasteiger partial charge in [0.2, 0.25) is 5.88 Å². The molecule has 0 radical (unpaired) electrons. The minimum absolute atomic E-state index is 0.308. The molecule has 0 bridgehead atoms. The van der Waals surface area contributed by atoms with Gasteiger partial charge in [0.25, 0.3) is 0 Å². The van der Waals surface area contributed by atoms with E-state index in [-0.39, 0.29) is 0 Å². The van der Waals surface area contributed by atoms with Gasteiger partial charge in [-0.1, -0.05) is 0 Å². The molecular formula is C15H14FN5O2. The standard InChI is InChI=1S/C15H14FN5O2/c16-11-3-9(1-2-12(11)22)13-19-14-10(6-18-21-14)15(20-13)23-7-8-4-17-5-8/h1-3,6,8,17,22H,4-5,7H2,(H,18,19,20,21). The van der Waals surface area contributed by atoms with Crippen molar-refractivity contribution in [3.8, 4) is 23.0 Å². The highest BCUT2D eigenvalue weighted by Crippen LogP contribution is 2.28. The number of nitrogens with one attached hydrogen (secondary N) is 2. The van der Waals surface area contributed by atoms with Crippen LogP contribution >= 0.6 is 0 Å². The van der Waals surface area contributed by atoms with Gasteiger partial charge in [-0.3, -0.25) is 5.10 Å². The van der Waals surface area contributed by atoms with E-state index in [1.165, 1.54) is 12.1 Å². The van der Waals surface area contributed by atoms with Crippen LogP contribution in [0.3, 0.4) is 0 Å². The molecule has 7 nitrogen and oxygen atoms in total. The number of hydrogen-bond acceptors (Lipinski definition) is 6. The summed E-state index contributed by atoms with van der Waals surface area (Å²) in [4.78, 5) is 8.71. The molecule has 2 aromatic heterocycles. The molecule has 1 aromatic carbocycles. The van der Waals surface area contributed by atoms with Crippen LogP contribution in [0.2, 0.25) is 0 Å². The number of phenolic OH excluding ortho intramolecular Hbond substituents is 1. The topological polar surface area (TPSA) is 96.0 Å². The molecule has 3 heterocycles. The number of aromatic hydroxyl groups is 1. The fourth-order valence-electron chi connectivity index (χ4n) is 2.36. The molecule has 8 heteroatoms. The molecule has 0 atom stereocenters. The van der Waals surface area contributed by atoms with E-state index in [4.69, 9.17) is 4.74 Å². The number of benzene rings is 1. The van der Waals surface area contributed by atoms with E-state index in [1.54, 1.807) is 12.3 Å². The van der Waals surface area contributed by atoms with E-state index in [0.717, 1.165) is 13.1 Å². The van der Waals surface area contributed by atoms with Crippen molar-refractivity contribution in [2.24, 2.45) is 5.92 Å². The second-order valence-electron chi connectivity index (χ2n) is 5.49. The molecule has 0 unspecified atom stereocenters. The molecule has 0 saturated carbocycles. The zero-order valence-electron chi connectivity index (χ0n) is 12.1. The molecule has 23 heavy (non-hydrogen) atoms. The summed E-state index contributed by atoms with van der Waals surface area (Å²) in [5, 5.41) is 19.9. The van der Waals surface area contributed by atoms with Gasteiger partial charge in [0.05, 0.1) is 12.8 Å². The van der Waals surface area contributed by atoms with Gasteiger partial charge >= 0.3 is 0 Å². The predicted molar refractivity (Wildman–Crippen MR) is 80.6 cm³/mol. The quantitative estimate of drug-likeness (QED) is 0.674. The number of phenols is 1. The number of halogens is 1.